The number of hydrogen-bond donors (Lipinski definition) is 3. The van der Waals surface area contributed by atoms with Crippen LogP contribution in [0.2, 0.25) is 0 Å². The van der Waals surface area contributed by atoms with Crippen molar-refractivity contribution in [2.75, 3.05) is 26.7 Å². The zero-order valence-electron chi connectivity index (χ0n) is 18.9. The number of nitrogens with one attached hydrogen (secondary N) is 2. The van der Waals surface area contributed by atoms with Gasteiger partial charge in [0, 0.05) is 24.5 Å². The first-order chi connectivity index (χ1) is 13.7. The van der Waals surface area contributed by atoms with Crippen LogP contribution in [0.5, 0.6) is 5.75 Å². The van der Waals surface area contributed by atoms with Gasteiger partial charge in [-0.2, -0.15) is 0 Å². The van der Waals surface area contributed by atoms with Crippen LogP contribution in [0.4, 0.5) is 4.79 Å². The summed E-state index contributed by atoms with van der Waals surface area (Å²) in [4.78, 5) is 14.2. The number of phenols is 1. The standard InChI is InChI=1S/C21H33N3O3.C2H6/c1-21(2,3)27-20(26)23-10-5-9-22-19-16-8-11-24(4)18(19)12-14-6-7-15(25)13-17(14)16;1-2/h6-7,13,16,18-19,22,25H,5,8-12H2,1-4H3,(H,23,26);1-2H3. The van der Waals surface area contributed by atoms with E-state index < -0.39 is 5.60 Å². The third-order valence-electron chi connectivity index (χ3n) is 5.57. The normalized spacial score (nSPS) is 23.4. The van der Waals surface area contributed by atoms with E-state index in [9.17, 15) is 9.90 Å². The molecule has 2 aliphatic rings. The molecule has 29 heavy (non-hydrogen) atoms. The van der Waals surface area contributed by atoms with E-state index in [1.54, 1.807) is 6.07 Å². The summed E-state index contributed by atoms with van der Waals surface area (Å²) in [6.07, 6.45) is 2.60. The molecule has 6 heteroatoms. The fourth-order valence-corrected chi connectivity index (χ4v) is 4.34. The van der Waals surface area contributed by atoms with E-state index in [1.807, 2.05) is 40.7 Å². The van der Waals surface area contributed by atoms with Gasteiger partial charge in [0.2, 0.25) is 0 Å². The van der Waals surface area contributed by atoms with Gasteiger partial charge in [0.15, 0.2) is 0 Å². The lowest BCUT2D eigenvalue weighted by molar-refractivity contribution is 0.0526. The monoisotopic (exact) mass is 405 g/mol. The quantitative estimate of drug-likeness (QED) is 0.652. The lowest BCUT2D eigenvalue weighted by Gasteiger charge is -2.49. The maximum Gasteiger partial charge on any atom is 0.407 e. The van der Waals surface area contributed by atoms with Crippen molar-refractivity contribution < 1.29 is 14.6 Å². The van der Waals surface area contributed by atoms with Gasteiger partial charge in [-0.25, -0.2) is 4.79 Å². The molecule has 164 valence electrons. The Morgan fingerprint density at radius 3 is 2.69 bits per heavy atom. The summed E-state index contributed by atoms with van der Waals surface area (Å²) in [5, 5.41) is 16.5. The molecule has 1 saturated heterocycles. The van der Waals surface area contributed by atoms with Crippen LogP contribution in [0.1, 0.15) is 64.5 Å². The maximum atomic E-state index is 11.7. The Morgan fingerprint density at radius 2 is 2.00 bits per heavy atom. The molecule has 1 aromatic carbocycles. The van der Waals surface area contributed by atoms with Crippen molar-refractivity contribution in [1.29, 1.82) is 0 Å². The summed E-state index contributed by atoms with van der Waals surface area (Å²) in [6.45, 7) is 12.1. The number of aromatic hydroxyl groups is 1. The van der Waals surface area contributed by atoms with Gasteiger partial charge in [-0.3, -0.25) is 0 Å². The van der Waals surface area contributed by atoms with E-state index in [2.05, 4.69) is 28.6 Å². The van der Waals surface area contributed by atoms with E-state index in [1.165, 1.54) is 11.1 Å². The summed E-state index contributed by atoms with van der Waals surface area (Å²) in [5.41, 5.74) is 2.19. The topological polar surface area (TPSA) is 73.8 Å². The first-order valence-electron chi connectivity index (χ1n) is 11.0. The van der Waals surface area contributed by atoms with Gasteiger partial charge >= 0.3 is 6.09 Å². The minimum atomic E-state index is -0.467. The van der Waals surface area contributed by atoms with Gasteiger partial charge in [-0.1, -0.05) is 19.9 Å². The van der Waals surface area contributed by atoms with Gasteiger partial charge in [-0.15, -0.1) is 0 Å². The first-order valence-corrected chi connectivity index (χ1v) is 11.0. The number of carbonyl (C=O) groups is 1. The Kier molecular flexibility index (Phi) is 8.34. The number of carbonyl (C=O) groups excluding carboxylic acids is 1. The molecule has 0 aromatic heterocycles. The van der Waals surface area contributed by atoms with Gasteiger partial charge < -0.3 is 25.4 Å². The Labute approximate surface area is 176 Å². The molecule has 1 heterocycles. The molecule has 1 aromatic rings. The SMILES string of the molecule is CC.CN1CCC2c3cc(O)ccc3CC1C2NCCCNC(=O)OC(C)(C)C. The molecule has 1 fully saturated rings. The highest BCUT2D eigenvalue weighted by molar-refractivity contribution is 5.67. The largest absolute Gasteiger partial charge is 0.508 e. The molecule has 0 spiro atoms. The van der Waals surface area contributed by atoms with Crippen LogP contribution in [0, 0.1) is 0 Å². The maximum absolute atomic E-state index is 11.7. The molecule has 3 N–H and O–H groups in total. The second-order valence-electron chi connectivity index (χ2n) is 8.79. The number of piperidine rings is 1. The van der Waals surface area contributed by atoms with Crippen molar-refractivity contribution in [3.63, 3.8) is 0 Å². The number of alkyl carbamates (subject to hydrolysis) is 1. The Balaban J connectivity index is 0.00000145. The number of nitrogens with zero attached hydrogens (tertiary/aromatic N) is 1. The Morgan fingerprint density at radius 1 is 1.28 bits per heavy atom. The molecular formula is C23H39N3O3. The molecule has 1 aliphatic heterocycles. The van der Waals surface area contributed by atoms with E-state index in [0.29, 0.717) is 30.3 Å². The molecule has 3 atom stereocenters. The van der Waals surface area contributed by atoms with Crippen LogP contribution in [0.25, 0.3) is 0 Å². The van der Waals surface area contributed by atoms with Crippen LogP contribution >= 0.6 is 0 Å². The lowest BCUT2D eigenvalue weighted by Crippen LogP contribution is -2.59. The molecule has 6 nitrogen and oxygen atoms in total. The zero-order chi connectivity index (χ0) is 21.6. The molecule has 1 aliphatic carbocycles. The fourth-order valence-electron chi connectivity index (χ4n) is 4.34. The van der Waals surface area contributed by atoms with Gasteiger partial charge in [-0.05, 0) is 83.4 Å². The number of phenolic OH excluding ortho intramolecular Hbond substituents is 1. The molecule has 2 bridgehead atoms. The van der Waals surface area contributed by atoms with Crippen LogP contribution in [0.3, 0.4) is 0 Å². The van der Waals surface area contributed by atoms with Crippen molar-refractivity contribution in [2.24, 2.45) is 0 Å². The third-order valence-corrected chi connectivity index (χ3v) is 5.57. The average molecular weight is 406 g/mol. The summed E-state index contributed by atoms with van der Waals surface area (Å²) >= 11 is 0. The third kappa shape index (κ3) is 6.34. The predicted molar refractivity (Wildman–Crippen MR) is 118 cm³/mol. The van der Waals surface area contributed by atoms with Crippen molar-refractivity contribution in [3.8, 4) is 5.75 Å². The number of amides is 1. The number of fused-ring (bicyclic) bond motifs is 4. The van der Waals surface area contributed by atoms with Crippen molar-refractivity contribution in [2.45, 2.75) is 77.5 Å². The molecule has 0 saturated carbocycles. The number of benzene rings is 1. The summed E-state index contributed by atoms with van der Waals surface area (Å²) in [6, 6.07) is 6.66. The number of rotatable bonds is 5. The predicted octanol–water partition coefficient (Wildman–Crippen LogP) is 3.64. The minimum absolute atomic E-state index is 0.353. The first kappa shape index (κ1) is 23.5. The van der Waals surface area contributed by atoms with Gasteiger partial charge in [0.1, 0.15) is 11.4 Å². The molecule has 1 amide bonds. The number of likely N-dealkylation sites (N-methyl/N-ethyl adjacent to an activating group) is 1. The highest BCUT2D eigenvalue weighted by atomic mass is 16.6. The van der Waals surface area contributed by atoms with Crippen LogP contribution in [-0.2, 0) is 11.2 Å². The number of ether oxygens (including phenoxy) is 1. The van der Waals surface area contributed by atoms with E-state index in [-0.39, 0.29) is 6.09 Å². The highest BCUT2D eigenvalue weighted by Gasteiger charge is 2.41. The van der Waals surface area contributed by atoms with Gasteiger partial charge in [0.25, 0.3) is 0 Å². The van der Waals surface area contributed by atoms with Crippen molar-refractivity contribution in [1.82, 2.24) is 15.5 Å². The summed E-state index contributed by atoms with van der Waals surface area (Å²) in [7, 11) is 2.20. The van der Waals surface area contributed by atoms with E-state index in [0.717, 1.165) is 32.4 Å². The summed E-state index contributed by atoms with van der Waals surface area (Å²) in [5.74, 6) is 0.785. The number of likely N-dealkylation sites (tertiary alicyclic amines) is 1. The van der Waals surface area contributed by atoms with Crippen LogP contribution in [-0.4, -0.2) is 60.5 Å². The number of hydrogen-bond acceptors (Lipinski definition) is 5. The second kappa shape index (κ2) is 10.3. The Bertz CT molecular complexity index is 672. The van der Waals surface area contributed by atoms with Crippen molar-refractivity contribution in [3.05, 3.63) is 29.3 Å². The fraction of sp³-hybridized carbons (Fsp3) is 0.696. The van der Waals surface area contributed by atoms with E-state index >= 15 is 0 Å². The van der Waals surface area contributed by atoms with Crippen molar-refractivity contribution >= 4 is 6.09 Å². The Hall–Kier alpha value is -1.79. The van der Waals surface area contributed by atoms with Gasteiger partial charge in [0.05, 0.1) is 0 Å². The zero-order valence-corrected chi connectivity index (χ0v) is 18.9. The lowest BCUT2D eigenvalue weighted by atomic mass is 9.71. The van der Waals surface area contributed by atoms with Crippen LogP contribution < -0.4 is 10.6 Å². The second-order valence-corrected chi connectivity index (χ2v) is 8.79. The highest BCUT2D eigenvalue weighted by Crippen LogP contribution is 2.40. The molecule has 0 radical (unpaired) electrons. The molecular weight excluding hydrogens is 366 g/mol. The molecule has 3 rings (SSSR count). The summed E-state index contributed by atoms with van der Waals surface area (Å²) < 4.78 is 5.26. The molecule has 3 unspecified atom stereocenters. The smallest absolute Gasteiger partial charge is 0.407 e. The minimum Gasteiger partial charge on any atom is -0.508 e. The van der Waals surface area contributed by atoms with E-state index in [4.69, 9.17) is 4.74 Å². The van der Waals surface area contributed by atoms with Crippen LogP contribution in [0.15, 0.2) is 18.2 Å². The average Bonchev–Trinajstić information content (AvgIpc) is 2.65.